The van der Waals surface area contributed by atoms with Gasteiger partial charge in [0, 0.05) is 0 Å². The molecule has 1 heterocycles. The van der Waals surface area contributed by atoms with Crippen molar-refractivity contribution in [3.63, 3.8) is 0 Å². The molecule has 0 aliphatic carbocycles. The molecule has 0 radical (unpaired) electrons. The number of rotatable bonds is 5. The van der Waals surface area contributed by atoms with Crippen molar-refractivity contribution in [1.82, 2.24) is 9.97 Å². The van der Waals surface area contributed by atoms with E-state index in [1.54, 1.807) is 0 Å². The first-order valence-electron chi connectivity index (χ1n) is 5.49. The zero-order valence-electron chi connectivity index (χ0n) is 9.67. The van der Waals surface area contributed by atoms with Crippen molar-refractivity contribution in [2.75, 3.05) is 0 Å². The molecule has 0 saturated carbocycles. The molecule has 0 amide bonds. The van der Waals surface area contributed by atoms with Gasteiger partial charge in [-0.15, -0.1) is 0 Å². The van der Waals surface area contributed by atoms with Crippen LogP contribution in [-0.2, 0) is 6.42 Å². The number of aromatic hydroxyl groups is 1. The number of aryl methyl sites for hydroxylation is 1. The molecule has 84 valence electrons. The number of hydrogen-bond donors (Lipinski definition) is 1. The molecular formula is C11H19AsN2O. The van der Waals surface area contributed by atoms with Crippen LogP contribution in [0.3, 0.4) is 0 Å². The second kappa shape index (κ2) is 6.12. The predicted octanol–water partition coefficient (Wildman–Crippen LogP) is 1.33. The first-order chi connectivity index (χ1) is 7.19. The van der Waals surface area contributed by atoms with Gasteiger partial charge in [-0.1, -0.05) is 0 Å². The van der Waals surface area contributed by atoms with Gasteiger partial charge in [0.25, 0.3) is 0 Å². The van der Waals surface area contributed by atoms with Crippen LogP contribution in [0.25, 0.3) is 0 Å². The topological polar surface area (TPSA) is 46.0 Å². The fraction of sp³-hybridized carbons (Fsp3) is 0.636. The van der Waals surface area contributed by atoms with Crippen molar-refractivity contribution in [3.8, 4) is 5.88 Å². The summed E-state index contributed by atoms with van der Waals surface area (Å²) in [5.41, 5.74) is 1.89. The summed E-state index contributed by atoms with van der Waals surface area (Å²) >= 11 is -0.241. The van der Waals surface area contributed by atoms with E-state index < -0.39 is 0 Å². The van der Waals surface area contributed by atoms with E-state index in [2.05, 4.69) is 23.8 Å². The van der Waals surface area contributed by atoms with Crippen LogP contribution >= 0.6 is 0 Å². The molecule has 0 bridgehead atoms. The van der Waals surface area contributed by atoms with E-state index in [1.165, 1.54) is 0 Å². The van der Waals surface area contributed by atoms with E-state index in [4.69, 9.17) is 0 Å². The zero-order valence-corrected chi connectivity index (χ0v) is 11.8. The molecule has 1 rings (SSSR count). The normalized spacial score (nSPS) is 11.4. The van der Waals surface area contributed by atoms with Crippen molar-refractivity contribution in [2.24, 2.45) is 0 Å². The molecule has 0 spiro atoms. The summed E-state index contributed by atoms with van der Waals surface area (Å²) in [6.45, 7) is 6.25. The third kappa shape index (κ3) is 3.49. The van der Waals surface area contributed by atoms with Crippen molar-refractivity contribution in [1.29, 1.82) is 0 Å². The number of aromatic nitrogens is 2. The van der Waals surface area contributed by atoms with Crippen molar-refractivity contribution in [2.45, 2.75) is 45.2 Å². The molecule has 0 aliphatic rings. The monoisotopic (exact) mass is 270 g/mol. The van der Waals surface area contributed by atoms with Gasteiger partial charge in [0.05, 0.1) is 0 Å². The molecule has 0 aromatic carbocycles. The first kappa shape index (κ1) is 12.5. The standard InChI is InChI=1S/C11H19AsN2O/c1-4-6-7-9-8(3)13-11(12-5-2)14-10(9)15/h12H,4-7H2,1-3H3,(H,13,14,15). The van der Waals surface area contributed by atoms with Crippen LogP contribution in [0.4, 0.5) is 0 Å². The second-order valence-electron chi connectivity index (χ2n) is 3.57. The summed E-state index contributed by atoms with van der Waals surface area (Å²) in [4.78, 5) is 8.64. The summed E-state index contributed by atoms with van der Waals surface area (Å²) in [6.07, 6.45) is 3.10. The van der Waals surface area contributed by atoms with E-state index in [0.717, 1.165) is 40.3 Å². The van der Waals surface area contributed by atoms with E-state index in [1.807, 2.05) is 6.92 Å². The summed E-state index contributed by atoms with van der Waals surface area (Å²) in [7, 11) is 0. The van der Waals surface area contributed by atoms with E-state index in [9.17, 15) is 5.11 Å². The van der Waals surface area contributed by atoms with Gasteiger partial charge in [0.2, 0.25) is 0 Å². The van der Waals surface area contributed by atoms with Crippen LogP contribution in [0, 0.1) is 6.92 Å². The van der Waals surface area contributed by atoms with Crippen LogP contribution in [-0.4, -0.2) is 30.8 Å². The summed E-state index contributed by atoms with van der Waals surface area (Å²) in [5.74, 6) is 0.211. The van der Waals surface area contributed by atoms with E-state index >= 15 is 0 Å². The van der Waals surface area contributed by atoms with Gasteiger partial charge in [0.15, 0.2) is 0 Å². The quantitative estimate of drug-likeness (QED) is 0.821. The SMILES string of the molecule is CCCCc1c(C)nc([AsH]CC)nc1O. The van der Waals surface area contributed by atoms with E-state index in [0.29, 0.717) is 0 Å². The molecule has 1 N–H and O–H groups in total. The Labute approximate surface area is 98.0 Å². The molecular weight excluding hydrogens is 251 g/mol. The summed E-state index contributed by atoms with van der Waals surface area (Å²) in [6, 6.07) is 0. The molecule has 1 aromatic heterocycles. The van der Waals surface area contributed by atoms with Crippen LogP contribution < -0.4 is 4.61 Å². The molecule has 1 atom stereocenters. The molecule has 0 fully saturated rings. The van der Waals surface area contributed by atoms with Crippen LogP contribution in [0.1, 0.15) is 37.9 Å². The fourth-order valence-electron chi connectivity index (χ4n) is 1.46. The molecule has 3 nitrogen and oxygen atoms in total. The Morgan fingerprint density at radius 1 is 1.27 bits per heavy atom. The summed E-state index contributed by atoms with van der Waals surface area (Å²) in [5, 5.41) is 10.9. The van der Waals surface area contributed by atoms with Crippen molar-refractivity contribution < 1.29 is 5.11 Å². The average molecular weight is 270 g/mol. The number of hydrogen-bond acceptors (Lipinski definition) is 3. The maximum atomic E-state index is 9.79. The Bertz CT molecular complexity index is 305. The van der Waals surface area contributed by atoms with Gasteiger partial charge in [-0.3, -0.25) is 0 Å². The first-order valence-corrected chi connectivity index (χ1v) is 8.02. The minimum absolute atomic E-state index is 0.211. The minimum atomic E-state index is -0.241. The van der Waals surface area contributed by atoms with Gasteiger partial charge in [-0.2, -0.15) is 0 Å². The molecule has 1 aromatic rings. The average Bonchev–Trinajstić information content (AvgIpc) is 2.17. The predicted molar refractivity (Wildman–Crippen MR) is 64.3 cm³/mol. The number of nitrogens with zero attached hydrogens (tertiary/aromatic N) is 2. The third-order valence-electron chi connectivity index (χ3n) is 2.31. The van der Waals surface area contributed by atoms with E-state index in [-0.39, 0.29) is 21.6 Å². The van der Waals surface area contributed by atoms with Crippen LogP contribution in [0.15, 0.2) is 0 Å². The van der Waals surface area contributed by atoms with Crippen LogP contribution in [0.2, 0.25) is 5.21 Å². The number of unbranched alkanes of at least 4 members (excludes halogenated alkanes) is 1. The van der Waals surface area contributed by atoms with Gasteiger partial charge >= 0.3 is 97.8 Å². The molecule has 0 aliphatic heterocycles. The molecule has 0 saturated heterocycles. The van der Waals surface area contributed by atoms with Gasteiger partial charge in [0.1, 0.15) is 0 Å². The second-order valence-corrected chi connectivity index (χ2v) is 6.73. The summed E-state index contributed by atoms with van der Waals surface area (Å²) < 4.78 is 0.882. The maximum absolute atomic E-state index is 9.79. The molecule has 1 unspecified atom stereocenters. The van der Waals surface area contributed by atoms with Crippen molar-refractivity contribution >= 4 is 20.4 Å². The molecule has 15 heavy (non-hydrogen) atoms. The van der Waals surface area contributed by atoms with Gasteiger partial charge < -0.3 is 0 Å². The Kier molecular flexibility index (Phi) is 5.10. The zero-order chi connectivity index (χ0) is 11.3. The van der Waals surface area contributed by atoms with Gasteiger partial charge in [-0.25, -0.2) is 0 Å². The molecule has 4 heteroatoms. The Hall–Kier alpha value is -0.562. The third-order valence-corrected chi connectivity index (χ3v) is 4.18. The Morgan fingerprint density at radius 3 is 2.53 bits per heavy atom. The van der Waals surface area contributed by atoms with Crippen LogP contribution in [0.5, 0.6) is 5.88 Å². The van der Waals surface area contributed by atoms with Crippen molar-refractivity contribution in [3.05, 3.63) is 11.3 Å². The Balaban J connectivity index is 2.88. The van der Waals surface area contributed by atoms with Gasteiger partial charge in [-0.05, 0) is 0 Å². The Morgan fingerprint density at radius 2 is 2.00 bits per heavy atom. The fourth-order valence-corrected chi connectivity index (χ4v) is 3.03.